The minimum Gasteiger partial charge on any atom is -0.490 e. The molecule has 0 radical (unpaired) electrons. The molecule has 1 aliphatic heterocycles. The Kier molecular flexibility index (Phi) is 8.91. The second-order valence-corrected chi connectivity index (χ2v) is 10.3. The molecular weight excluding hydrogens is 568 g/mol. The molecule has 1 heterocycles. The van der Waals surface area contributed by atoms with Gasteiger partial charge in [0.2, 0.25) is 0 Å². The van der Waals surface area contributed by atoms with Gasteiger partial charge in [-0.3, -0.25) is 9.69 Å². The maximum atomic E-state index is 13.2. The molecule has 9 heteroatoms. The summed E-state index contributed by atoms with van der Waals surface area (Å²) >= 11 is 4.89. The summed E-state index contributed by atoms with van der Waals surface area (Å²) in [7, 11) is 0. The SMILES string of the molecule is CCOc1cc(/C=C2\SC(=Nc3ccc(C(=O)O)cc3)N(CC)C2=O)c(Br)cc1OCc1ccc(C)cc1. The van der Waals surface area contributed by atoms with Gasteiger partial charge in [-0.2, -0.15) is 0 Å². The Balaban J connectivity index is 1.59. The van der Waals surface area contributed by atoms with Crippen molar-refractivity contribution in [1.82, 2.24) is 4.90 Å². The summed E-state index contributed by atoms with van der Waals surface area (Å²) in [5.74, 6) is 0.0421. The predicted octanol–water partition coefficient (Wildman–Crippen LogP) is 7.06. The molecule has 3 aromatic carbocycles. The van der Waals surface area contributed by atoms with E-state index in [9.17, 15) is 9.59 Å². The van der Waals surface area contributed by atoms with E-state index >= 15 is 0 Å². The maximum absolute atomic E-state index is 13.2. The first-order valence-electron chi connectivity index (χ1n) is 12.1. The molecule has 1 amide bonds. The van der Waals surface area contributed by atoms with Crippen LogP contribution in [0.1, 0.15) is 40.9 Å². The number of thioether (sulfide) groups is 1. The Bertz CT molecular complexity index is 1400. The zero-order valence-corrected chi connectivity index (χ0v) is 23.6. The number of aliphatic imine (C=N–C) groups is 1. The van der Waals surface area contributed by atoms with Crippen molar-refractivity contribution < 1.29 is 24.2 Å². The number of nitrogens with zero attached hydrogens (tertiary/aromatic N) is 2. The topological polar surface area (TPSA) is 88.4 Å². The molecule has 1 aliphatic rings. The molecule has 0 aliphatic carbocycles. The van der Waals surface area contributed by atoms with Crippen LogP contribution in [0, 0.1) is 6.92 Å². The van der Waals surface area contributed by atoms with Gasteiger partial charge >= 0.3 is 5.97 Å². The average Bonchev–Trinajstić information content (AvgIpc) is 3.19. The molecule has 4 rings (SSSR count). The van der Waals surface area contributed by atoms with Gasteiger partial charge in [-0.1, -0.05) is 45.8 Å². The van der Waals surface area contributed by atoms with Crippen LogP contribution in [-0.4, -0.2) is 40.2 Å². The maximum Gasteiger partial charge on any atom is 0.335 e. The number of aryl methyl sites for hydroxylation is 1. The highest BCUT2D eigenvalue weighted by Crippen LogP contribution is 2.39. The Labute approximate surface area is 234 Å². The fraction of sp³-hybridized carbons (Fsp3) is 0.207. The first kappa shape index (κ1) is 27.5. The third-order valence-electron chi connectivity index (χ3n) is 5.71. The van der Waals surface area contributed by atoms with Crippen LogP contribution in [-0.2, 0) is 11.4 Å². The minimum absolute atomic E-state index is 0.150. The van der Waals surface area contributed by atoms with Gasteiger partial charge in [0.25, 0.3) is 5.91 Å². The highest BCUT2D eigenvalue weighted by molar-refractivity contribution is 9.10. The molecule has 0 spiro atoms. The van der Waals surface area contributed by atoms with E-state index in [0.717, 1.165) is 15.6 Å². The molecular formula is C29H27BrN2O5S. The molecule has 1 fully saturated rings. The summed E-state index contributed by atoms with van der Waals surface area (Å²) < 4.78 is 12.7. The van der Waals surface area contributed by atoms with Gasteiger partial charge < -0.3 is 14.6 Å². The lowest BCUT2D eigenvalue weighted by molar-refractivity contribution is -0.122. The van der Waals surface area contributed by atoms with Gasteiger partial charge in [0.05, 0.1) is 22.8 Å². The number of hydrogen-bond donors (Lipinski definition) is 1. The number of carboxylic acid groups (broad SMARTS) is 1. The standard InChI is InChI=1S/C29H27BrN2O5S/c1-4-32-27(33)26(38-29(32)31-22-12-10-20(11-13-22)28(34)35)15-21-14-24(36-5-2)25(16-23(21)30)37-17-19-8-6-18(3)7-9-19/h6-16H,4-5,17H2,1-3H3,(H,34,35)/b26-15-,31-29?. The lowest BCUT2D eigenvalue weighted by Gasteiger charge is -2.14. The van der Waals surface area contributed by atoms with Crippen LogP contribution in [0.2, 0.25) is 0 Å². The monoisotopic (exact) mass is 594 g/mol. The summed E-state index contributed by atoms with van der Waals surface area (Å²) in [4.78, 5) is 31.0. The van der Waals surface area contributed by atoms with Crippen LogP contribution in [0.3, 0.4) is 0 Å². The van der Waals surface area contributed by atoms with Crippen molar-refractivity contribution >= 4 is 56.5 Å². The summed E-state index contributed by atoms with van der Waals surface area (Å²) in [5.41, 5.74) is 3.76. The molecule has 7 nitrogen and oxygen atoms in total. The number of halogens is 1. The minimum atomic E-state index is -1.00. The molecule has 38 heavy (non-hydrogen) atoms. The van der Waals surface area contributed by atoms with E-state index in [-0.39, 0.29) is 11.5 Å². The summed E-state index contributed by atoms with van der Waals surface area (Å²) in [6.07, 6.45) is 1.81. The zero-order valence-electron chi connectivity index (χ0n) is 21.2. The molecule has 0 unspecified atom stereocenters. The first-order valence-corrected chi connectivity index (χ1v) is 13.7. The van der Waals surface area contributed by atoms with Gasteiger partial charge in [-0.25, -0.2) is 9.79 Å². The van der Waals surface area contributed by atoms with Gasteiger partial charge in [0.1, 0.15) is 6.61 Å². The van der Waals surface area contributed by atoms with Gasteiger partial charge in [0.15, 0.2) is 16.7 Å². The van der Waals surface area contributed by atoms with E-state index < -0.39 is 5.97 Å². The number of likely N-dealkylation sites (N-methyl/N-ethyl adjacent to an activating group) is 1. The van der Waals surface area contributed by atoms with Gasteiger partial charge in [0, 0.05) is 11.0 Å². The van der Waals surface area contributed by atoms with Crippen molar-refractivity contribution in [3.05, 3.63) is 92.3 Å². The van der Waals surface area contributed by atoms with Crippen molar-refractivity contribution in [1.29, 1.82) is 0 Å². The van der Waals surface area contributed by atoms with E-state index in [1.54, 1.807) is 17.0 Å². The number of carbonyl (C=O) groups is 2. The number of benzene rings is 3. The summed E-state index contributed by atoms with van der Waals surface area (Å²) in [6, 6.07) is 18.1. The first-order chi connectivity index (χ1) is 18.3. The molecule has 1 N–H and O–H groups in total. The summed E-state index contributed by atoms with van der Waals surface area (Å²) in [6.45, 7) is 7.15. The fourth-order valence-corrected chi connectivity index (χ4v) is 5.18. The molecule has 0 bridgehead atoms. The predicted molar refractivity (Wildman–Crippen MR) is 154 cm³/mol. The molecule has 1 saturated heterocycles. The molecule has 0 aromatic heterocycles. The highest BCUT2D eigenvalue weighted by Gasteiger charge is 2.32. The Morgan fingerprint density at radius 1 is 1.05 bits per heavy atom. The van der Waals surface area contributed by atoms with Crippen molar-refractivity contribution in [2.45, 2.75) is 27.4 Å². The van der Waals surface area contributed by atoms with E-state index in [2.05, 4.69) is 20.9 Å². The number of carboxylic acids is 1. The smallest absolute Gasteiger partial charge is 0.335 e. The molecule has 0 atom stereocenters. The van der Waals surface area contributed by atoms with E-state index in [0.29, 0.717) is 47.0 Å². The lowest BCUT2D eigenvalue weighted by atomic mass is 10.1. The number of carbonyl (C=O) groups excluding carboxylic acids is 1. The number of hydrogen-bond acceptors (Lipinski definition) is 6. The van der Waals surface area contributed by atoms with Gasteiger partial charge in [-0.15, -0.1) is 0 Å². The largest absolute Gasteiger partial charge is 0.490 e. The van der Waals surface area contributed by atoms with Crippen LogP contribution in [0.25, 0.3) is 6.08 Å². The van der Waals surface area contributed by atoms with Gasteiger partial charge in [-0.05, 0) is 86.1 Å². The van der Waals surface area contributed by atoms with Crippen molar-refractivity contribution in [3.63, 3.8) is 0 Å². The van der Waals surface area contributed by atoms with Crippen LogP contribution in [0.4, 0.5) is 5.69 Å². The van der Waals surface area contributed by atoms with Crippen molar-refractivity contribution in [2.75, 3.05) is 13.2 Å². The molecule has 196 valence electrons. The number of rotatable bonds is 9. The average molecular weight is 596 g/mol. The normalized spacial score (nSPS) is 15.4. The second-order valence-electron chi connectivity index (χ2n) is 8.43. The van der Waals surface area contributed by atoms with Crippen LogP contribution < -0.4 is 9.47 Å². The summed E-state index contributed by atoms with van der Waals surface area (Å²) in [5, 5.41) is 9.65. The fourth-order valence-electron chi connectivity index (χ4n) is 3.69. The molecule has 3 aromatic rings. The van der Waals surface area contributed by atoms with Crippen molar-refractivity contribution in [2.24, 2.45) is 4.99 Å². The Hall–Kier alpha value is -3.56. The third kappa shape index (κ3) is 6.46. The van der Waals surface area contributed by atoms with Crippen LogP contribution >= 0.6 is 27.7 Å². The lowest BCUT2D eigenvalue weighted by Crippen LogP contribution is -2.28. The molecule has 0 saturated carbocycles. The third-order valence-corrected chi connectivity index (χ3v) is 7.40. The number of amidine groups is 1. The second kappa shape index (κ2) is 12.3. The number of amides is 1. The van der Waals surface area contributed by atoms with E-state index in [1.165, 1.54) is 29.5 Å². The quantitative estimate of drug-likeness (QED) is 0.267. The van der Waals surface area contributed by atoms with Crippen molar-refractivity contribution in [3.8, 4) is 11.5 Å². The number of aromatic carboxylic acids is 1. The Morgan fingerprint density at radius 3 is 2.37 bits per heavy atom. The highest BCUT2D eigenvalue weighted by atomic mass is 79.9. The number of ether oxygens (including phenoxy) is 2. The van der Waals surface area contributed by atoms with Crippen LogP contribution in [0.5, 0.6) is 11.5 Å². The van der Waals surface area contributed by atoms with E-state index in [4.69, 9.17) is 14.6 Å². The van der Waals surface area contributed by atoms with Crippen LogP contribution in [0.15, 0.2) is 75.0 Å². The van der Waals surface area contributed by atoms with E-state index in [1.807, 2.05) is 63.2 Å². The zero-order chi connectivity index (χ0) is 27.2. The Morgan fingerprint density at radius 2 is 1.74 bits per heavy atom.